The summed E-state index contributed by atoms with van der Waals surface area (Å²) >= 11 is 0. The van der Waals surface area contributed by atoms with Crippen molar-refractivity contribution in [2.75, 3.05) is 0 Å². The second kappa shape index (κ2) is 4.08. The predicted molar refractivity (Wildman–Crippen MR) is 57.7 cm³/mol. The van der Waals surface area contributed by atoms with Crippen LogP contribution in [-0.2, 0) is 7.05 Å². The van der Waals surface area contributed by atoms with Crippen LogP contribution in [0.25, 0.3) is 0 Å². The predicted octanol–water partition coefficient (Wildman–Crippen LogP) is 2.24. The lowest BCUT2D eigenvalue weighted by atomic mass is 10.1. The first-order chi connectivity index (χ1) is 7.99. The van der Waals surface area contributed by atoms with Crippen LogP contribution in [0.5, 0.6) is 0 Å². The molecule has 0 saturated carbocycles. The molecule has 0 radical (unpaired) electrons. The molecule has 2 rings (SSSR count). The SMILES string of the molecule is Cc1cc(C(=O)c2cc(F)ccc2F)n(C)n1. The van der Waals surface area contributed by atoms with Crippen LogP contribution in [0.4, 0.5) is 8.78 Å². The number of rotatable bonds is 2. The van der Waals surface area contributed by atoms with Crippen molar-refractivity contribution in [3.8, 4) is 0 Å². The molecule has 88 valence electrons. The summed E-state index contributed by atoms with van der Waals surface area (Å²) in [5.41, 5.74) is 0.590. The second-order valence-electron chi connectivity index (χ2n) is 3.75. The molecule has 0 amide bonds. The minimum atomic E-state index is -0.741. The van der Waals surface area contributed by atoms with Gasteiger partial charge in [0.1, 0.15) is 17.3 Å². The molecule has 2 aromatic rings. The van der Waals surface area contributed by atoms with E-state index in [0.717, 1.165) is 18.2 Å². The van der Waals surface area contributed by atoms with Gasteiger partial charge in [0, 0.05) is 7.05 Å². The Labute approximate surface area is 96.7 Å². The standard InChI is InChI=1S/C12H10F2N2O/c1-7-5-11(16(2)15-7)12(17)9-6-8(13)3-4-10(9)14/h3-6H,1-2H3. The van der Waals surface area contributed by atoms with Gasteiger partial charge in [-0.15, -0.1) is 0 Å². The number of nitrogens with zero attached hydrogens (tertiary/aromatic N) is 2. The van der Waals surface area contributed by atoms with Gasteiger partial charge in [0.25, 0.3) is 0 Å². The average Bonchev–Trinajstić information content (AvgIpc) is 2.60. The Morgan fingerprint density at radius 1 is 1.29 bits per heavy atom. The van der Waals surface area contributed by atoms with Gasteiger partial charge < -0.3 is 0 Å². The summed E-state index contributed by atoms with van der Waals surface area (Å²) in [6.07, 6.45) is 0. The summed E-state index contributed by atoms with van der Waals surface area (Å²) in [6.45, 7) is 1.72. The summed E-state index contributed by atoms with van der Waals surface area (Å²) in [5.74, 6) is -1.96. The van der Waals surface area contributed by atoms with E-state index in [1.807, 2.05) is 0 Å². The Kier molecular flexibility index (Phi) is 2.75. The summed E-state index contributed by atoms with van der Waals surface area (Å²) in [6, 6.07) is 4.33. The van der Waals surface area contributed by atoms with Gasteiger partial charge in [-0.25, -0.2) is 8.78 Å². The minimum absolute atomic E-state index is 0.229. The number of hydrogen-bond donors (Lipinski definition) is 0. The third-order valence-electron chi connectivity index (χ3n) is 2.41. The van der Waals surface area contributed by atoms with E-state index in [0.29, 0.717) is 5.69 Å². The molecule has 1 aromatic carbocycles. The molecular formula is C12H10F2N2O. The second-order valence-corrected chi connectivity index (χ2v) is 3.75. The zero-order valence-corrected chi connectivity index (χ0v) is 9.37. The Bertz CT molecular complexity index is 590. The zero-order valence-electron chi connectivity index (χ0n) is 9.37. The van der Waals surface area contributed by atoms with Gasteiger partial charge in [-0.2, -0.15) is 5.10 Å². The number of carbonyl (C=O) groups excluding carboxylic acids is 1. The Morgan fingerprint density at radius 3 is 2.59 bits per heavy atom. The number of hydrogen-bond acceptors (Lipinski definition) is 2. The first kappa shape index (κ1) is 11.4. The lowest BCUT2D eigenvalue weighted by Crippen LogP contribution is -2.10. The molecule has 0 fully saturated rings. The van der Waals surface area contributed by atoms with E-state index < -0.39 is 17.4 Å². The maximum absolute atomic E-state index is 13.4. The van der Waals surface area contributed by atoms with Crippen LogP contribution in [0.3, 0.4) is 0 Å². The average molecular weight is 236 g/mol. The van der Waals surface area contributed by atoms with Crippen LogP contribution in [0.15, 0.2) is 24.3 Å². The number of benzene rings is 1. The van der Waals surface area contributed by atoms with Crippen LogP contribution in [0.2, 0.25) is 0 Å². The number of halogens is 2. The van der Waals surface area contributed by atoms with Crippen molar-refractivity contribution in [3.05, 3.63) is 52.9 Å². The first-order valence-electron chi connectivity index (χ1n) is 4.99. The van der Waals surface area contributed by atoms with E-state index in [1.165, 1.54) is 10.7 Å². The fourth-order valence-corrected chi connectivity index (χ4v) is 1.63. The number of aryl methyl sites for hydroxylation is 2. The molecule has 5 heteroatoms. The molecule has 0 atom stereocenters. The number of carbonyl (C=O) groups is 1. The van der Waals surface area contributed by atoms with Crippen LogP contribution in [0.1, 0.15) is 21.7 Å². The molecule has 1 heterocycles. The molecular weight excluding hydrogens is 226 g/mol. The van der Waals surface area contributed by atoms with Crippen molar-refractivity contribution in [2.45, 2.75) is 6.92 Å². The van der Waals surface area contributed by atoms with E-state index in [9.17, 15) is 13.6 Å². The molecule has 0 unspecified atom stereocenters. The first-order valence-corrected chi connectivity index (χ1v) is 4.99. The summed E-state index contributed by atoms with van der Waals surface area (Å²) in [4.78, 5) is 12.0. The van der Waals surface area contributed by atoms with Crippen molar-refractivity contribution < 1.29 is 13.6 Å². The largest absolute Gasteiger partial charge is 0.287 e. The van der Waals surface area contributed by atoms with Crippen LogP contribution < -0.4 is 0 Å². The maximum atomic E-state index is 13.4. The monoisotopic (exact) mass is 236 g/mol. The maximum Gasteiger partial charge on any atom is 0.214 e. The van der Waals surface area contributed by atoms with Crippen molar-refractivity contribution in [3.63, 3.8) is 0 Å². The van der Waals surface area contributed by atoms with Gasteiger partial charge in [0.2, 0.25) is 5.78 Å². The van der Waals surface area contributed by atoms with Gasteiger partial charge in [0.15, 0.2) is 0 Å². The summed E-state index contributed by atoms with van der Waals surface area (Å²) in [5, 5.41) is 3.99. The number of aromatic nitrogens is 2. The molecule has 0 aliphatic heterocycles. The molecule has 1 aromatic heterocycles. The Morgan fingerprint density at radius 2 is 2.00 bits per heavy atom. The van der Waals surface area contributed by atoms with E-state index in [-0.39, 0.29) is 11.3 Å². The van der Waals surface area contributed by atoms with E-state index >= 15 is 0 Å². The van der Waals surface area contributed by atoms with Crippen molar-refractivity contribution in [2.24, 2.45) is 7.05 Å². The summed E-state index contributed by atoms with van der Waals surface area (Å²) in [7, 11) is 1.58. The van der Waals surface area contributed by atoms with Gasteiger partial charge in [-0.1, -0.05) is 0 Å². The highest BCUT2D eigenvalue weighted by Gasteiger charge is 2.18. The fourth-order valence-electron chi connectivity index (χ4n) is 1.63. The lowest BCUT2D eigenvalue weighted by Gasteiger charge is -2.02. The van der Waals surface area contributed by atoms with E-state index in [1.54, 1.807) is 14.0 Å². The molecule has 0 aliphatic carbocycles. The minimum Gasteiger partial charge on any atom is -0.287 e. The highest BCUT2D eigenvalue weighted by Crippen LogP contribution is 2.15. The molecule has 0 spiro atoms. The van der Waals surface area contributed by atoms with Crippen molar-refractivity contribution in [1.29, 1.82) is 0 Å². The Balaban J connectivity index is 2.50. The van der Waals surface area contributed by atoms with E-state index in [4.69, 9.17) is 0 Å². The fraction of sp³-hybridized carbons (Fsp3) is 0.167. The zero-order chi connectivity index (χ0) is 12.6. The van der Waals surface area contributed by atoms with Crippen LogP contribution in [-0.4, -0.2) is 15.6 Å². The van der Waals surface area contributed by atoms with Crippen LogP contribution >= 0.6 is 0 Å². The van der Waals surface area contributed by atoms with Gasteiger partial charge in [-0.3, -0.25) is 9.48 Å². The smallest absolute Gasteiger partial charge is 0.214 e. The lowest BCUT2D eigenvalue weighted by molar-refractivity contribution is 0.102. The van der Waals surface area contributed by atoms with Gasteiger partial charge >= 0.3 is 0 Å². The summed E-state index contributed by atoms with van der Waals surface area (Å²) < 4.78 is 27.8. The third kappa shape index (κ3) is 2.08. The molecule has 3 nitrogen and oxygen atoms in total. The van der Waals surface area contributed by atoms with E-state index in [2.05, 4.69) is 5.10 Å². The highest BCUT2D eigenvalue weighted by molar-refractivity contribution is 6.08. The molecule has 0 N–H and O–H groups in total. The quantitative estimate of drug-likeness (QED) is 0.749. The normalized spacial score (nSPS) is 10.6. The van der Waals surface area contributed by atoms with Gasteiger partial charge in [0.05, 0.1) is 11.3 Å². The highest BCUT2D eigenvalue weighted by atomic mass is 19.1. The molecule has 0 bridgehead atoms. The van der Waals surface area contributed by atoms with Crippen molar-refractivity contribution >= 4 is 5.78 Å². The van der Waals surface area contributed by atoms with Crippen molar-refractivity contribution in [1.82, 2.24) is 9.78 Å². The topological polar surface area (TPSA) is 34.9 Å². The molecule has 0 aliphatic rings. The molecule has 17 heavy (non-hydrogen) atoms. The molecule has 0 saturated heterocycles. The van der Waals surface area contributed by atoms with Gasteiger partial charge in [-0.05, 0) is 31.2 Å². The third-order valence-corrected chi connectivity index (χ3v) is 2.41. The van der Waals surface area contributed by atoms with Crippen LogP contribution in [0, 0.1) is 18.6 Å². The Hall–Kier alpha value is -2.04. The number of ketones is 1.